The van der Waals surface area contributed by atoms with Crippen molar-refractivity contribution >= 4 is 35.1 Å². The number of fused-ring (bicyclic) bond motifs is 1. The summed E-state index contributed by atoms with van der Waals surface area (Å²) in [5, 5.41) is 14.8. The van der Waals surface area contributed by atoms with Gasteiger partial charge in [0.05, 0.1) is 17.7 Å². The van der Waals surface area contributed by atoms with Crippen LogP contribution in [0, 0.1) is 10.1 Å². The van der Waals surface area contributed by atoms with E-state index < -0.39 is 4.92 Å². The van der Waals surface area contributed by atoms with Crippen LogP contribution in [0.25, 0.3) is 0 Å². The molecule has 26 heavy (non-hydrogen) atoms. The van der Waals surface area contributed by atoms with Gasteiger partial charge in [0, 0.05) is 23.9 Å². The van der Waals surface area contributed by atoms with E-state index in [1.807, 2.05) is 23.1 Å². The fraction of sp³-hybridized carbons (Fsp3) is 0.222. The molecule has 134 valence electrons. The first-order chi connectivity index (χ1) is 12.5. The summed E-state index contributed by atoms with van der Waals surface area (Å²) in [6.07, 6.45) is 3.37. The second-order valence-electron chi connectivity index (χ2n) is 5.91. The van der Waals surface area contributed by atoms with Crippen molar-refractivity contribution in [2.75, 3.05) is 18.0 Å². The lowest BCUT2D eigenvalue weighted by molar-refractivity contribution is -0.384. The molecule has 0 saturated carbocycles. The molecular formula is C18H17ClN4O3. The Bertz CT molecular complexity index is 869. The first kappa shape index (κ1) is 17.9. The molecule has 2 aromatic rings. The summed E-state index contributed by atoms with van der Waals surface area (Å²) in [6, 6.07) is 12.4. The number of rotatable bonds is 5. The van der Waals surface area contributed by atoms with E-state index in [9.17, 15) is 14.9 Å². The first-order valence-electron chi connectivity index (χ1n) is 8.13. The van der Waals surface area contributed by atoms with Crippen LogP contribution in [0.5, 0.6) is 0 Å². The lowest BCUT2D eigenvalue weighted by Gasteiger charge is -2.30. The number of nitrogens with one attached hydrogen (secondary N) is 1. The van der Waals surface area contributed by atoms with Crippen LogP contribution in [0.15, 0.2) is 47.6 Å². The second kappa shape index (κ2) is 7.97. The Balaban J connectivity index is 1.61. The average Bonchev–Trinajstić information content (AvgIpc) is 2.63. The Hall–Kier alpha value is -2.93. The van der Waals surface area contributed by atoms with Crippen LogP contribution in [-0.4, -0.2) is 30.1 Å². The highest BCUT2D eigenvalue weighted by Gasteiger charge is 2.18. The predicted octanol–water partition coefficient (Wildman–Crippen LogP) is 3.15. The van der Waals surface area contributed by atoms with Crippen molar-refractivity contribution in [1.82, 2.24) is 5.43 Å². The zero-order valence-electron chi connectivity index (χ0n) is 13.9. The maximum atomic E-state index is 12.1. The Morgan fingerprint density at radius 3 is 2.96 bits per heavy atom. The molecule has 0 fully saturated rings. The van der Waals surface area contributed by atoms with Gasteiger partial charge < -0.3 is 4.90 Å². The van der Waals surface area contributed by atoms with Crippen LogP contribution >= 0.6 is 11.6 Å². The summed E-state index contributed by atoms with van der Waals surface area (Å²) < 4.78 is 0. The van der Waals surface area contributed by atoms with Gasteiger partial charge in [0.2, 0.25) is 0 Å². The van der Waals surface area contributed by atoms with Crippen molar-refractivity contribution in [2.24, 2.45) is 5.10 Å². The van der Waals surface area contributed by atoms with Crippen LogP contribution in [0.2, 0.25) is 5.02 Å². The third kappa shape index (κ3) is 4.18. The lowest BCUT2D eigenvalue weighted by Crippen LogP contribution is -2.38. The van der Waals surface area contributed by atoms with Crippen LogP contribution in [-0.2, 0) is 11.2 Å². The van der Waals surface area contributed by atoms with Crippen molar-refractivity contribution in [2.45, 2.75) is 12.8 Å². The number of carbonyl (C=O) groups excluding carboxylic acids is 1. The molecule has 0 aromatic heterocycles. The standard InChI is InChI=1S/C18H17ClN4O3/c19-15-8-7-13(10-17(15)23(25)26)11-20-21-18(24)12-22-9-3-5-14-4-1-2-6-16(14)22/h1-2,4,6-8,10-11H,3,5,9,12H2,(H,21,24)/b20-11-. The molecule has 7 nitrogen and oxygen atoms in total. The number of para-hydroxylation sites is 1. The monoisotopic (exact) mass is 372 g/mol. The van der Waals surface area contributed by atoms with Crippen molar-refractivity contribution in [1.29, 1.82) is 0 Å². The molecule has 0 bridgehead atoms. The van der Waals surface area contributed by atoms with E-state index in [1.165, 1.54) is 23.9 Å². The summed E-state index contributed by atoms with van der Waals surface area (Å²) >= 11 is 5.76. The molecular weight excluding hydrogens is 356 g/mol. The number of benzene rings is 2. The number of nitrogens with zero attached hydrogens (tertiary/aromatic N) is 3. The Morgan fingerprint density at radius 2 is 2.15 bits per heavy atom. The molecule has 0 radical (unpaired) electrons. The van der Waals surface area contributed by atoms with Gasteiger partial charge in [-0.25, -0.2) is 5.43 Å². The number of carbonyl (C=O) groups is 1. The van der Waals surface area contributed by atoms with Crippen molar-refractivity contribution in [3.63, 3.8) is 0 Å². The normalized spacial score (nSPS) is 13.5. The van der Waals surface area contributed by atoms with Crippen molar-refractivity contribution in [3.8, 4) is 0 Å². The van der Waals surface area contributed by atoms with E-state index >= 15 is 0 Å². The fourth-order valence-electron chi connectivity index (χ4n) is 2.91. The summed E-state index contributed by atoms with van der Waals surface area (Å²) in [4.78, 5) is 24.5. The second-order valence-corrected chi connectivity index (χ2v) is 6.32. The highest BCUT2D eigenvalue weighted by atomic mass is 35.5. The van der Waals surface area contributed by atoms with E-state index in [0.717, 1.165) is 25.1 Å². The van der Waals surface area contributed by atoms with Gasteiger partial charge >= 0.3 is 0 Å². The molecule has 0 unspecified atom stereocenters. The molecule has 0 saturated heterocycles. The maximum absolute atomic E-state index is 12.1. The first-order valence-corrected chi connectivity index (χ1v) is 8.51. The van der Waals surface area contributed by atoms with Gasteiger partial charge in [0.25, 0.3) is 11.6 Å². The number of aryl methyl sites for hydroxylation is 1. The minimum absolute atomic E-state index is 0.0555. The van der Waals surface area contributed by atoms with Gasteiger partial charge in [0.1, 0.15) is 5.02 Å². The molecule has 1 amide bonds. The van der Waals surface area contributed by atoms with Gasteiger partial charge in [-0.1, -0.05) is 35.9 Å². The van der Waals surface area contributed by atoms with Gasteiger partial charge in [-0.3, -0.25) is 14.9 Å². The predicted molar refractivity (Wildman–Crippen MR) is 101 cm³/mol. The number of nitro benzene ring substituents is 1. The molecule has 1 aliphatic rings. The van der Waals surface area contributed by atoms with Gasteiger partial charge in [-0.2, -0.15) is 5.10 Å². The number of nitro groups is 1. The summed E-state index contributed by atoms with van der Waals surface area (Å²) in [7, 11) is 0. The molecule has 0 aliphatic carbocycles. The van der Waals surface area contributed by atoms with E-state index in [-0.39, 0.29) is 23.2 Å². The maximum Gasteiger partial charge on any atom is 0.288 e. The van der Waals surface area contributed by atoms with E-state index in [0.29, 0.717) is 5.56 Å². The number of hydrogen-bond donors (Lipinski definition) is 1. The summed E-state index contributed by atoms with van der Waals surface area (Å²) in [6.45, 7) is 1.02. The fourth-order valence-corrected chi connectivity index (χ4v) is 3.10. The molecule has 0 spiro atoms. The summed E-state index contributed by atoms with van der Waals surface area (Å²) in [5.74, 6) is -0.249. The topological polar surface area (TPSA) is 87.8 Å². The van der Waals surface area contributed by atoms with Gasteiger partial charge in [-0.05, 0) is 30.5 Å². The zero-order chi connectivity index (χ0) is 18.5. The van der Waals surface area contributed by atoms with Crippen molar-refractivity contribution < 1.29 is 9.72 Å². The molecule has 1 N–H and O–H groups in total. The lowest BCUT2D eigenvalue weighted by atomic mass is 10.0. The highest BCUT2D eigenvalue weighted by Crippen LogP contribution is 2.26. The van der Waals surface area contributed by atoms with Crippen molar-refractivity contribution in [3.05, 3.63) is 68.7 Å². The Morgan fingerprint density at radius 1 is 1.35 bits per heavy atom. The molecule has 1 aliphatic heterocycles. The van der Waals surface area contributed by atoms with Crippen LogP contribution < -0.4 is 10.3 Å². The van der Waals surface area contributed by atoms with E-state index in [4.69, 9.17) is 11.6 Å². The molecule has 0 atom stereocenters. The highest BCUT2D eigenvalue weighted by molar-refractivity contribution is 6.32. The smallest absolute Gasteiger partial charge is 0.288 e. The average molecular weight is 373 g/mol. The number of halogens is 1. The number of amides is 1. The van der Waals surface area contributed by atoms with Gasteiger partial charge in [0.15, 0.2) is 0 Å². The zero-order valence-corrected chi connectivity index (χ0v) is 14.6. The molecule has 8 heteroatoms. The third-order valence-electron chi connectivity index (χ3n) is 4.11. The Labute approximate surface area is 155 Å². The molecule has 3 rings (SSSR count). The van der Waals surface area contributed by atoms with E-state index in [1.54, 1.807) is 6.07 Å². The quantitative estimate of drug-likeness (QED) is 0.496. The minimum Gasteiger partial charge on any atom is -0.362 e. The van der Waals surface area contributed by atoms with Crippen LogP contribution in [0.4, 0.5) is 11.4 Å². The minimum atomic E-state index is -0.563. The van der Waals surface area contributed by atoms with Crippen LogP contribution in [0.1, 0.15) is 17.5 Å². The summed E-state index contributed by atoms with van der Waals surface area (Å²) in [5.41, 5.74) is 5.05. The van der Waals surface area contributed by atoms with Gasteiger partial charge in [-0.15, -0.1) is 0 Å². The molecule has 1 heterocycles. The Kier molecular flexibility index (Phi) is 5.48. The van der Waals surface area contributed by atoms with Crippen LogP contribution in [0.3, 0.4) is 0 Å². The largest absolute Gasteiger partial charge is 0.362 e. The number of hydrogen-bond acceptors (Lipinski definition) is 5. The third-order valence-corrected chi connectivity index (χ3v) is 4.43. The molecule has 2 aromatic carbocycles. The van der Waals surface area contributed by atoms with E-state index in [2.05, 4.69) is 16.6 Å². The number of anilines is 1. The number of hydrazone groups is 1. The SMILES string of the molecule is O=C(CN1CCCc2ccccc21)N/N=C\c1ccc(Cl)c([N+](=O)[O-])c1.